The fourth-order valence-corrected chi connectivity index (χ4v) is 0.772. The van der Waals surface area contributed by atoms with Crippen molar-refractivity contribution in [1.29, 1.82) is 0 Å². The molecule has 0 aliphatic heterocycles. The number of rotatable bonds is 6. The summed E-state index contributed by atoms with van der Waals surface area (Å²) in [6.07, 6.45) is 0.601. The number of hydrogen-bond donors (Lipinski definition) is 2. The molecule has 0 aromatic heterocycles. The molecule has 0 bridgehead atoms. The minimum absolute atomic E-state index is 0.300. The molecule has 0 radical (unpaired) electrons. The number of carbonyl (C=O) groups is 2. The Kier molecular flexibility index (Phi) is 5.43. The molecule has 0 aliphatic carbocycles. The number of carboxylic acids is 2. The maximum Gasteiger partial charge on any atom is 0.330 e. The molecule has 0 aliphatic rings. The fourth-order valence-electron chi connectivity index (χ4n) is 0.772. The molecule has 0 fully saturated rings. The summed E-state index contributed by atoms with van der Waals surface area (Å²) in [6.45, 7) is 3.30. The maximum atomic E-state index is 10.5. The Labute approximate surface area is 81.7 Å². The number of carboxylic acid groups (broad SMARTS) is 2. The van der Waals surface area contributed by atoms with Gasteiger partial charge < -0.3 is 10.2 Å². The molecule has 0 saturated heterocycles. The molecule has 0 aromatic rings. The normalized spacial score (nSPS) is 15.3. The first kappa shape index (κ1) is 12.5. The summed E-state index contributed by atoms with van der Waals surface area (Å²) in [4.78, 5) is 21.0. The molecule has 0 aromatic carbocycles. The van der Waals surface area contributed by atoms with Gasteiger partial charge in [-0.25, -0.2) is 9.59 Å². The number of azo groups is 1. The standard InChI is InChI=1S/C8H14N2O4/c1-3-5(7(11)12)9-10-6(4-2)8(13)14/h5-6H,3-4H2,1-2H3,(H,11,12)(H,13,14). The van der Waals surface area contributed by atoms with Gasteiger partial charge >= 0.3 is 11.9 Å². The van der Waals surface area contributed by atoms with Gasteiger partial charge in [-0.05, 0) is 12.8 Å². The molecule has 2 unspecified atom stereocenters. The quantitative estimate of drug-likeness (QED) is 0.631. The van der Waals surface area contributed by atoms with Crippen LogP contribution in [-0.2, 0) is 9.59 Å². The van der Waals surface area contributed by atoms with E-state index in [9.17, 15) is 9.59 Å². The van der Waals surface area contributed by atoms with Crippen LogP contribution in [0.25, 0.3) is 0 Å². The zero-order chi connectivity index (χ0) is 11.1. The number of nitrogens with zero attached hydrogens (tertiary/aromatic N) is 2. The first-order valence-electron chi connectivity index (χ1n) is 4.38. The highest BCUT2D eigenvalue weighted by Crippen LogP contribution is 2.03. The predicted octanol–water partition coefficient (Wildman–Crippen LogP) is 1.17. The summed E-state index contributed by atoms with van der Waals surface area (Å²) in [6, 6.07) is -1.88. The Bertz CT molecular complexity index is 215. The van der Waals surface area contributed by atoms with E-state index in [1.54, 1.807) is 13.8 Å². The molecule has 14 heavy (non-hydrogen) atoms. The van der Waals surface area contributed by atoms with E-state index in [-0.39, 0.29) is 0 Å². The third-order valence-corrected chi connectivity index (χ3v) is 1.69. The Hall–Kier alpha value is -1.46. The van der Waals surface area contributed by atoms with Crippen LogP contribution in [0, 0.1) is 0 Å². The van der Waals surface area contributed by atoms with Crippen molar-refractivity contribution in [2.45, 2.75) is 38.8 Å². The lowest BCUT2D eigenvalue weighted by atomic mass is 10.2. The average molecular weight is 202 g/mol. The second-order valence-corrected chi connectivity index (χ2v) is 2.76. The van der Waals surface area contributed by atoms with E-state index in [1.165, 1.54) is 0 Å². The second kappa shape index (κ2) is 6.06. The maximum absolute atomic E-state index is 10.5. The molecule has 6 heteroatoms. The zero-order valence-electron chi connectivity index (χ0n) is 8.17. The van der Waals surface area contributed by atoms with Gasteiger partial charge in [0.05, 0.1) is 0 Å². The van der Waals surface area contributed by atoms with Crippen LogP contribution in [0.4, 0.5) is 0 Å². The van der Waals surface area contributed by atoms with Gasteiger partial charge in [0.1, 0.15) is 0 Å². The van der Waals surface area contributed by atoms with Crippen molar-refractivity contribution in [2.75, 3.05) is 0 Å². The van der Waals surface area contributed by atoms with Gasteiger partial charge in [-0.1, -0.05) is 13.8 Å². The highest BCUT2D eigenvalue weighted by atomic mass is 16.4. The number of hydrogen-bond acceptors (Lipinski definition) is 4. The molecule has 0 saturated carbocycles. The Morgan fingerprint density at radius 2 is 1.29 bits per heavy atom. The third kappa shape index (κ3) is 3.97. The van der Waals surface area contributed by atoms with Gasteiger partial charge in [0.15, 0.2) is 12.1 Å². The van der Waals surface area contributed by atoms with E-state index in [1.807, 2.05) is 0 Å². The summed E-state index contributed by atoms with van der Waals surface area (Å²) < 4.78 is 0. The van der Waals surface area contributed by atoms with E-state index in [4.69, 9.17) is 10.2 Å². The molecular weight excluding hydrogens is 188 g/mol. The fraction of sp³-hybridized carbons (Fsp3) is 0.750. The second-order valence-electron chi connectivity index (χ2n) is 2.76. The SMILES string of the molecule is CCC(N=NC(CC)C(=O)O)C(=O)O. The molecule has 2 N–H and O–H groups in total. The topological polar surface area (TPSA) is 99.3 Å². The molecule has 80 valence electrons. The van der Waals surface area contributed by atoms with Crippen LogP contribution in [0.1, 0.15) is 26.7 Å². The van der Waals surface area contributed by atoms with Gasteiger partial charge in [0, 0.05) is 0 Å². The minimum Gasteiger partial charge on any atom is -0.480 e. The predicted molar refractivity (Wildman–Crippen MR) is 48.3 cm³/mol. The lowest BCUT2D eigenvalue weighted by molar-refractivity contribution is -0.140. The summed E-state index contributed by atoms with van der Waals surface area (Å²) >= 11 is 0. The molecule has 2 atom stereocenters. The summed E-state index contributed by atoms with van der Waals surface area (Å²) in [5.41, 5.74) is 0. The van der Waals surface area contributed by atoms with Crippen LogP contribution in [0.5, 0.6) is 0 Å². The van der Waals surface area contributed by atoms with Crippen molar-refractivity contribution in [3.05, 3.63) is 0 Å². The Morgan fingerprint density at radius 3 is 1.43 bits per heavy atom. The van der Waals surface area contributed by atoms with Gasteiger partial charge in [-0.15, -0.1) is 0 Å². The smallest absolute Gasteiger partial charge is 0.330 e. The van der Waals surface area contributed by atoms with Crippen molar-refractivity contribution in [1.82, 2.24) is 0 Å². The largest absolute Gasteiger partial charge is 0.480 e. The Morgan fingerprint density at radius 1 is 1.00 bits per heavy atom. The molecule has 6 nitrogen and oxygen atoms in total. The van der Waals surface area contributed by atoms with Crippen LogP contribution >= 0.6 is 0 Å². The van der Waals surface area contributed by atoms with Crippen molar-refractivity contribution in [2.24, 2.45) is 10.2 Å². The molecule has 0 rings (SSSR count). The Balaban J connectivity index is 4.37. The van der Waals surface area contributed by atoms with Gasteiger partial charge in [0.25, 0.3) is 0 Å². The first-order chi connectivity index (χ1) is 6.52. The number of aliphatic carboxylic acids is 2. The lowest BCUT2D eigenvalue weighted by Gasteiger charge is -2.04. The van der Waals surface area contributed by atoms with Crippen LogP contribution in [0.3, 0.4) is 0 Å². The van der Waals surface area contributed by atoms with Crippen molar-refractivity contribution in [3.8, 4) is 0 Å². The molecule has 0 heterocycles. The van der Waals surface area contributed by atoms with Gasteiger partial charge in [0.2, 0.25) is 0 Å². The minimum atomic E-state index is -1.09. The lowest BCUT2D eigenvalue weighted by Crippen LogP contribution is -2.20. The van der Waals surface area contributed by atoms with Crippen LogP contribution in [0.2, 0.25) is 0 Å². The van der Waals surface area contributed by atoms with Crippen LogP contribution in [0.15, 0.2) is 10.2 Å². The highest BCUT2D eigenvalue weighted by Gasteiger charge is 2.17. The monoisotopic (exact) mass is 202 g/mol. The first-order valence-corrected chi connectivity index (χ1v) is 4.38. The van der Waals surface area contributed by atoms with E-state index in [0.717, 1.165) is 0 Å². The van der Waals surface area contributed by atoms with E-state index in [0.29, 0.717) is 12.8 Å². The van der Waals surface area contributed by atoms with E-state index in [2.05, 4.69) is 10.2 Å². The van der Waals surface area contributed by atoms with Gasteiger partial charge in [-0.3, -0.25) is 0 Å². The van der Waals surface area contributed by atoms with E-state index >= 15 is 0 Å². The van der Waals surface area contributed by atoms with E-state index < -0.39 is 24.0 Å². The summed E-state index contributed by atoms with van der Waals surface area (Å²) in [5.74, 6) is -2.17. The summed E-state index contributed by atoms with van der Waals surface area (Å²) in [5, 5.41) is 24.2. The van der Waals surface area contributed by atoms with Crippen LogP contribution < -0.4 is 0 Å². The van der Waals surface area contributed by atoms with Crippen molar-refractivity contribution in [3.63, 3.8) is 0 Å². The molecule has 0 amide bonds. The van der Waals surface area contributed by atoms with Crippen molar-refractivity contribution >= 4 is 11.9 Å². The molecule has 0 spiro atoms. The van der Waals surface area contributed by atoms with Gasteiger partial charge in [-0.2, -0.15) is 10.2 Å². The highest BCUT2D eigenvalue weighted by molar-refractivity contribution is 5.74. The summed E-state index contributed by atoms with van der Waals surface area (Å²) in [7, 11) is 0. The van der Waals surface area contributed by atoms with Crippen molar-refractivity contribution < 1.29 is 19.8 Å². The van der Waals surface area contributed by atoms with Crippen LogP contribution in [-0.4, -0.2) is 34.2 Å². The average Bonchev–Trinajstić information content (AvgIpc) is 2.11. The molecular formula is C8H14N2O4. The third-order valence-electron chi connectivity index (χ3n) is 1.69. The zero-order valence-corrected chi connectivity index (χ0v) is 8.17.